The van der Waals surface area contributed by atoms with Gasteiger partial charge in [-0.05, 0) is 19.8 Å². The number of nitrogens with one attached hydrogen (secondary N) is 2. The Morgan fingerprint density at radius 2 is 1.86 bits per heavy atom. The van der Waals surface area contributed by atoms with E-state index in [1.165, 1.54) is 23.3 Å². The van der Waals surface area contributed by atoms with Gasteiger partial charge in [0.25, 0.3) is 5.91 Å². The lowest BCUT2D eigenvalue weighted by molar-refractivity contribution is -0.147. The molecule has 154 valence electrons. The molecular formula is C21H25N3O4S. The Balaban J connectivity index is 1.39. The third kappa shape index (κ3) is 6.67. The number of benzene rings is 1. The van der Waals surface area contributed by atoms with E-state index in [1.807, 2.05) is 31.2 Å². The smallest absolute Gasteiger partial charge is 0.321 e. The van der Waals surface area contributed by atoms with Crippen molar-refractivity contribution >= 4 is 29.2 Å². The number of amides is 3. The number of hydrogen-bond donors (Lipinski definition) is 2. The molecule has 0 radical (unpaired) electrons. The van der Waals surface area contributed by atoms with Crippen LogP contribution in [0.15, 0.2) is 29.6 Å². The average Bonchev–Trinajstić information content (AvgIpc) is 3.16. The van der Waals surface area contributed by atoms with Crippen molar-refractivity contribution in [1.82, 2.24) is 15.6 Å². The quantitative estimate of drug-likeness (QED) is 0.705. The number of carbonyl (C=O) groups is 3. The van der Waals surface area contributed by atoms with Crippen molar-refractivity contribution < 1.29 is 19.1 Å². The highest BCUT2D eigenvalue weighted by Gasteiger charge is 2.18. The summed E-state index contributed by atoms with van der Waals surface area (Å²) in [6, 6.07) is 7.55. The lowest BCUT2D eigenvalue weighted by atomic mass is 9.96. The minimum absolute atomic E-state index is 0.0239. The zero-order valence-corrected chi connectivity index (χ0v) is 17.2. The highest BCUT2D eigenvalue weighted by atomic mass is 32.1. The Morgan fingerprint density at radius 3 is 2.59 bits per heavy atom. The molecular weight excluding hydrogens is 390 g/mol. The van der Waals surface area contributed by atoms with Gasteiger partial charge >= 0.3 is 12.0 Å². The summed E-state index contributed by atoms with van der Waals surface area (Å²) in [7, 11) is 0. The van der Waals surface area contributed by atoms with Crippen LogP contribution in [0, 0.1) is 6.92 Å². The van der Waals surface area contributed by atoms with Crippen molar-refractivity contribution in [1.29, 1.82) is 0 Å². The van der Waals surface area contributed by atoms with Crippen LogP contribution in [0.5, 0.6) is 0 Å². The third-order valence-electron chi connectivity index (χ3n) is 4.73. The zero-order chi connectivity index (χ0) is 20.6. The minimum Gasteiger partial charge on any atom is -0.455 e. The van der Waals surface area contributed by atoms with Gasteiger partial charge < -0.3 is 10.1 Å². The summed E-state index contributed by atoms with van der Waals surface area (Å²) in [6.45, 7) is 1.52. The standard InChI is InChI=1S/C21H25N3O4S/c1-14-7-9-15(10-8-14)20-22-17(13-29-20)11-19(26)28-12-18(25)24-21(27)23-16-5-3-2-4-6-16/h7-10,13,16H,2-6,11-12H2,1H3,(H2,23,24,25,27). The lowest BCUT2D eigenvalue weighted by Gasteiger charge is -2.22. The topological polar surface area (TPSA) is 97.4 Å². The molecule has 0 bridgehead atoms. The molecule has 0 spiro atoms. The van der Waals surface area contributed by atoms with Crippen LogP contribution in [0.3, 0.4) is 0 Å². The minimum atomic E-state index is -0.648. The first-order chi connectivity index (χ1) is 14.0. The second-order valence-corrected chi connectivity index (χ2v) is 8.06. The molecule has 1 heterocycles. The fraction of sp³-hybridized carbons (Fsp3) is 0.429. The van der Waals surface area contributed by atoms with Crippen LogP contribution in [0.25, 0.3) is 10.6 Å². The summed E-state index contributed by atoms with van der Waals surface area (Å²) in [6.07, 6.45) is 5.17. The molecule has 29 heavy (non-hydrogen) atoms. The first-order valence-electron chi connectivity index (χ1n) is 9.77. The van der Waals surface area contributed by atoms with E-state index < -0.39 is 24.5 Å². The average molecular weight is 416 g/mol. The molecule has 1 aromatic heterocycles. The first-order valence-corrected chi connectivity index (χ1v) is 10.6. The lowest BCUT2D eigenvalue weighted by Crippen LogP contribution is -2.46. The summed E-state index contributed by atoms with van der Waals surface area (Å²) >= 11 is 1.45. The summed E-state index contributed by atoms with van der Waals surface area (Å²) < 4.78 is 4.96. The van der Waals surface area contributed by atoms with Gasteiger partial charge in [-0.1, -0.05) is 49.1 Å². The first kappa shape index (κ1) is 21.0. The highest BCUT2D eigenvalue weighted by molar-refractivity contribution is 7.13. The number of urea groups is 1. The fourth-order valence-corrected chi connectivity index (χ4v) is 4.02. The number of esters is 1. The SMILES string of the molecule is Cc1ccc(-c2nc(CC(=O)OCC(=O)NC(=O)NC3CCCCC3)cs2)cc1. The van der Waals surface area contributed by atoms with Gasteiger partial charge in [0.1, 0.15) is 5.01 Å². The normalized spacial score (nSPS) is 14.2. The maximum atomic E-state index is 12.0. The number of ether oxygens (including phenoxy) is 1. The van der Waals surface area contributed by atoms with Gasteiger partial charge in [-0.25, -0.2) is 9.78 Å². The number of imide groups is 1. The summed E-state index contributed by atoms with van der Waals surface area (Å²) in [5.74, 6) is -1.21. The van der Waals surface area contributed by atoms with Gasteiger partial charge in [0.15, 0.2) is 6.61 Å². The van der Waals surface area contributed by atoms with Crippen molar-refractivity contribution in [2.24, 2.45) is 0 Å². The van der Waals surface area contributed by atoms with Crippen LogP contribution in [-0.2, 0) is 20.7 Å². The van der Waals surface area contributed by atoms with Crippen LogP contribution >= 0.6 is 11.3 Å². The van der Waals surface area contributed by atoms with E-state index >= 15 is 0 Å². The van der Waals surface area contributed by atoms with Crippen LogP contribution in [-0.4, -0.2) is 35.5 Å². The van der Waals surface area contributed by atoms with Crippen molar-refractivity contribution in [3.05, 3.63) is 40.9 Å². The van der Waals surface area contributed by atoms with E-state index in [1.54, 1.807) is 5.38 Å². The maximum absolute atomic E-state index is 12.0. The van der Waals surface area contributed by atoms with Crippen LogP contribution in [0.2, 0.25) is 0 Å². The molecule has 0 saturated heterocycles. The summed E-state index contributed by atoms with van der Waals surface area (Å²) in [5.41, 5.74) is 2.74. The number of rotatable bonds is 6. The second-order valence-electron chi connectivity index (χ2n) is 7.20. The van der Waals surface area contributed by atoms with Gasteiger partial charge in [-0.3, -0.25) is 14.9 Å². The van der Waals surface area contributed by atoms with Crippen LogP contribution < -0.4 is 10.6 Å². The molecule has 2 N–H and O–H groups in total. The number of aryl methyl sites for hydroxylation is 1. The third-order valence-corrected chi connectivity index (χ3v) is 5.67. The van der Waals surface area contributed by atoms with Crippen LogP contribution in [0.1, 0.15) is 43.4 Å². The second kappa shape index (κ2) is 10.2. The molecule has 0 atom stereocenters. The monoisotopic (exact) mass is 415 g/mol. The van der Waals surface area contributed by atoms with E-state index in [0.29, 0.717) is 5.69 Å². The molecule has 8 heteroatoms. The molecule has 1 aromatic carbocycles. The Hall–Kier alpha value is -2.74. The molecule has 2 aromatic rings. The van der Waals surface area contributed by atoms with E-state index in [4.69, 9.17) is 4.74 Å². The zero-order valence-electron chi connectivity index (χ0n) is 16.4. The van der Waals surface area contributed by atoms with Gasteiger partial charge in [0.2, 0.25) is 0 Å². The largest absolute Gasteiger partial charge is 0.455 e. The number of carbonyl (C=O) groups excluding carboxylic acids is 3. The number of nitrogens with zero attached hydrogens (tertiary/aromatic N) is 1. The maximum Gasteiger partial charge on any atom is 0.321 e. The molecule has 3 rings (SSSR count). The Labute approximate surface area is 173 Å². The van der Waals surface area contributed by atoms with Crippen LogP contribution in [0.4, 0.5) is 4.79 Å². The van der Waals surface area contributed by atoms with Gasteiger partial charge in [-0.2, -0.15) is 0 Å². The van der Waals surface area contributed by atoms with E-state index in [-0.39, 0.29) is 12.5 Å². The molecule has 0 unspecified atom stereocenters. The predicted molar refractivity (Wildman–Crippen MR) is 110 cm³/mol. The van der Waals surface area contributed by atoms with Crippen molar-refractivity contribution in [3.8, 4) is 10.6 Å². The molecule has 1 fully saturated rings. The molecule has 3 amide bonds. The molecule has 1 aliphatic rings. The van der Waals surface area contributed by atoms with Crippen molar-refractivity contribution in [2.45, 2.75) is 51.5 Å². The summed E-state index contributed by atoms with van der Waals surface area (Å²) in [4.78, 5) is 40.0. The van der Waals surface area contributed by atoms with E-state index in [9.17, 15) is 14.4 Å². The summed E-state index contributed by atoms with van der Waals surface area (Å²) in [5, 5.41) is 7.60. The van der Waals surface area contributed by atoms with Crippen molar-refractivity contribution in [2.75, 3.05) is 6.61 Å². The number of aromatic nitrogens is 1. The fourth-order valence-electron chi connectivity index (χ4n) is 3.19. The molecule has 0 aliphatic heterocycles. The Kier molecular flexibility index (Phi) is 7.35. The van der Waals surface area contributed by atoms with E-state index in [2.05, 4.69) is 15.6 Å². The Bertz CT molecular complexity index is 857. The molecule has 1 aliphatic carbocycles. The molecule has 1 saturated carbocycles. The van der Waals surface area contributed by atoms with Crippen molar-refractivity contribution in [3.63, 3.8) is 0 Å². The van der Waals surface area contributed by atoms with Gasteiger partial charge in [0, 0.05) is 17.0 Å². The molecule has 7 nitrogen and oxygen atoms in total. The predicted octanol–water partition coefficient (Wildman–Crippen LogP) is 3.36. The number of hydrogen-bond acceptors (Lipinski definition) is 6. The van der Waals surface area contributed by atoms with Gasteiger partial charge in [-0.15, -0.1) is 11.3 Å². The van der Waals surface area contributed by atoms with Gasteiger partial charge in [0.05, 0.1) is 12.1 Å². The number of thiazole rings is 1. The highest BCUT2D eigenvalue weighted by Crippen LogP contribution is 2.24. The Morgan fingerprint density at radius 1 is 1.14 bits per heavy atom. The van der Waals surface area contributed by atoms with E-state index in [0.717, 1.165) is 36.3 Å².